The Bertz CT molecular complexity index is 444. The van der Waals surface area contributed by atoms with Gasteiger partial charge in [-0.2, -0.15) is 0 Å². The highest BCUT2D eigenvalue weighted by Crippen LogP contribution is 2.32. The summed E-state index contributed by atoms with van der Waals surface area (Å²) in [4.78, 5) is 2.56. The molecular formula is C16H23BrN2O. The van der Waals surface area contributed by atoms with Gasteiger partial charge in [0.1, 0.15) is 5.75 Å². The summed E-state index contributed by atoms with van der Waals surface area (Å²) in [6.45, 7) is 8.20. The molecule has 110 valence electrons. The maximum atomic E-state index is 5.32. The molecule has 1 aromatic carbocycles. The van der Waals surface area contributed by atoms with E-state index in [1.165, 1.54) is 5.56 Å². The van der Waals surface area contributed by atoms with Gasteiger partial charge in [-0.1, -0.05) is 12.1 Å². The highest BCUT2D eigenvalue weighted by Gasteiger charge is 2.22. The van der Waals surface area contributed by atoms with E-state index < -0.39 is 0 Å². The highest BCUT2D eigenvalue weighted by atomic mass is 79.9. The Kier molecular flexibility index (Phi) is 6.07. The molecule has 20 heavy (non-hydrogen) atoms. The molecule has 1 fully saturated rings. The number of hydrogen-bond donors (Lipinski definition) is 1. The molecule has 1 heterocycles. The first-order chi connectivity index (χ1) is 9.76. The maximum absolute atomic E-state index is 5.32. The average molecular weight is 339 g/mol. The van der Waals surface area contributed by atoms with E-state index in [9.17, 15) is 0 Å². The van der Waals surface area contributed by atoms with Crippen molar-refractivity contribution in [2.75, 3.05) is 33.3 Å². The van der Waals surface area contributed by atoms with Crippen molar-refractivity contribution in [2.24, 2.45) is 0 Å². The van der Waals surface area contributed by atoms with Crippen LogP contribution in [0, 0.1) is 0 Å². The highest BCUT2D eigenvalue weighted by molar-refractivity contribution is 9.10. The molecule has 1 N–H and O–H groups in total. The molecular weight excluding hydrogens is 316 g/mol. The number of piperazine rings is 1. The molecule has 4 heteroatoms. The first kappa shape index (κ1) is 15.5. The van der Waals surface area contributed by atoms with Gasteiger partial charge in [-0.3, -0.25) is 4.90 Å². The minimum Gasteiger partial charge on any atom is -0.496 e. The lowest BCUT2D eigenvalue weighted by atomic mass is 9.99. The van der Waals surface area contributed by atoms with Crippen LogP contribution in [0.25, 0.3) is 0 Å². The van der Waals surface area contributed by atoms with Gasteiger partial charge in [0.2, 0.25) is 0 Å². The molecule has 0 radical (unpaired) electrons. The number of ether oxygens (including phenoxy) is 1. The Morgan fingerprint density at radius 2 is 2.20 bits per heavy atom. The van der Waals surface area contributed by atoms with Gasteiger partial charge in [0.05, 0.1) is 11.6 Å². The van der Waals surface area contributed by atoms with Crippen molar-refractivity contribution in [3.05, 3.63) is 40.9 Å². The summed E-state index contributed by atoms with van der Waals surface area (Å²) in [6, 6.07) is 6.87. The fraction of sp³-hybridized carbons (Fsp3) is 0.500. The molecule has 2 rings (SSSR count). The molecule has 0 bridgehead atoms. The van der Waals surface area contributed by atoms with Crippen LogP contribution in [0.4, 0.5) is 0 Å². The SMILES string of the molecule is C=CCC[C@@H](c1ccc(OC)c(Br)c1)N1CCNCC1. The molecule has 0 aliphatic carbocycles. The van der Waals surface area contributed by atoms with E-state index in [0.29, 0.717) is 6.04 Å². The molecule has 1 saturated heterocycles. The van der Waals surface area contributed by atoms with Crippen LogP contribution in [0.3, 0.4) is 0 Å². The van der Waals surface area contributed by atoms with Gasteiger partial charge < -0.3 is 10.1 Å². The van der Waals surface area contributed by atoms with Gasteiger partial charge in [-0.05, 0) is 46.5 Å². The summed E-state index contributed by atoms with van der Waals surface area (Å²) in [6.07, 6.45) is 4.16. The van der Waals surface area contributed by atoms with Crippen LogP contribution in [-0.2, 0) is 0 Å². The Labute approximate surface area is 130 Å². The Morgan fingerprint density at radius 1 is 1.45 bits per heavy atom. The molecule has 0 spiro atoms. The summed E-state index contributed by atoms with van der Waals surface area (Å²) >= 11 is 3.59. The molecule has 0 aromatic heterocycles. The van der Waals surface area contributed by atoms with E-state index >= 15 is 0 Å². The second-order valence-electron chi connectivity index (χ2n) is 5.06. The quantitative estimate of drug-likeness (QED) is 0.805. The largest absolute Gasteiger partial charge is 0.496 e. The van der Waals surface area contributed by atoms with Crippen LogP contribution < -0.4 is 10.1 Å². The number of nitrogens with one attached hydrogen (secondary N) is 1. The molecule has 1 aromatic rings. The number of halogens is 1. The van der Waals surface area contributed by atoms with Crippen LogP contribution in [0.5, 0.6) is 5.75 Å². The first-order valence-corrected chi connectivity index (χ1v) is 7.94. The van der Waals surface area contributed by atoms with Crippen molar-refractivity contribution < 1.29 is 4.74 Å². The van der Waals surface area contributed by atoms with Gasteiger partial charge in [0.15, 0.2) is 0 Å². The zero-order valence-corrected chi connectivity index (χ0v) is 13.7. The molecule has 3 nitrogen and oxygen atoms in total. The maximum Gasteiger partial charge on any atom is 0.133 e. The van der Waals surface area contributed by atoms with Crippen molar-refractivity contribution in [2.45, 2.75) is 18.9 Å². The molecule has 1 aliphatic rings. The predicted octanol–water partition coefficient (Wildman–Crippen LogP) is 3.37. The molecule has 1 aliphatic heterocycles. The third kappa shape index (κ3) is 3.84. The van der Waals surface area contributed by atoms with E-state index in [1.807, 2.05) is 12.1 Å². The number of rotatable bonds is 6. The summed E-state index contributed by atoms with van der Waals surface area (Å²) in [5, 5.41) is 3.42. The average Bonchev–Trinajstić information content (AvgIpc) is 2.49. The predicted molar refractivity (Wildman–Crippen MR) is 87.3 cm³/mol. The molecule has 1 atom stereocenters. The van der Waals surface area contributed by atoms with Crippen molar-refractivity contribution in [3.8, 4) is 5.75 Å². The van der Waals surface area contributed by atoms with Crippen molar-refractivity contribution in [1.82, 2.24) is 10.2 Å². The summed E-state index contributed by atoms with van der Waals surface area (Å²) in [5.74, 6) is 0.886. The van der Waals surface area contributed by atoms with Gasteiger partial charge in [0.25, 0.3) is 0 Å². The second kappa shape index (κ2) is 7.81. The third-order valence-corrected chi connectivity index (χ3v) is 4.42. The van der Waals surface area contributed by atoms with E-state index in [1.54, 1.807) is 7.11 Å². The number of methoxy groups -OCH3 is 1. The van der Waals surface area contributed by atoms with Crippen molar-refractivity contribution in [3.63, 3.8) is 0 Å². The monoisotopic (exact) mass is 338 g/mol. The number of allylic oxidation sites excluding steroid dienone is 1. The van der Waals surface area contributed by atoms with E-state index in [2.05, 4.69) is 44.9 Å². The molecule has 0 saturated carbocycles. The van der Waals surface area contributed by atoms with Crippen LogP contribution in [-0.4, -0.2) is 38.2 Å². The lowest BCUT2D eigenvalue weighted by molar-refractivity contribution is 0.166. The normalized spacial score (nSPS) is 17.7. The van der Waals surface area contributed by atoms with E-state index in [4.69, 9.17) is 4.74 Å². The fourth-order valence-corrected chi connectivity index (χ4v) is 3.28. The smallest absolute Gasteiger partial charge is 0.133 e. The van der Waals surface area contributed by atoms with E-state index in [-0.39, 0.29) is 0 Å². The minimum atomic E-state index is 0.456. The zero-order valence-electron chi connectivity index (χ0n) is 12.1. The third-order valence-electron chi connectivity index (χ3n) is 3.80. The Hall–Kier alpha value is -0.840. The minimum absolute atomic E-state index is 0.456. The van der Waals surface area contributed by atoms with Gasteiger partial charge in [-0.25, -0.2) is 0 Å². The van der Waals surface area contributed by atoms with Crippen LogP contribution in [0.15, 0.2) is 35.3 Å². The molecule has 0 amide bonds. The topological polar surface area (TPSA) is 24.5 Å². The lowest BCUT2D eigenvalue weighted by Crippen LogP contribution is -2.45. The zero-order chi connectivity index (χ0) is 14.4. The van der Waals surface area contributed by atoms with Crippen LogP contribution in [0.1, 0.15) is 24.4 Å². The van der Waals surface area contributed by atoms with Gasteiger partial charge in [-0.15, -0.1) is 6.58 Å². The van der Waals surface area contributed by atoms with Gasteiger partial charge >= 0.3 is 0 Å². The van der Waals surface area contributed by atoms with Crippen molar-refractivity contribution in [1.29, 1.82) is 0 Å². The standard InChI is InChI=1S/C16H23BrN2O/c1-3-4-5-15(19-10-8-18-9-11-19)13-6-7-16(20-2)14(17)12-13/h3,6-7,12,15,18H,1,4-5,8-11H2,2H3/t15-/m0/s1. The lowest BCUT2D eigenvalue weighted by Gasteiger charge is -2.35. The summed E-state index contributed by atoms with van der Waals surface area (Å²) < 4.78 is 6.34. The summed E-state index contributed by atoms with van der Waals surface area (Å²) in [5.41, 5.74) is 1.35. The van der Waals surface area contributed by atoms with Crippen LogP contribution >= 0.6 is 15.9 Å². The second-order valence-corrected chi connectivity index (χ2v) is 5.92. The number of hydrogen-bond acceptors (Lipinski definition) is 3. The Morgan fingerprint density at radius 3 is 2.80 bits per heavy atom. The van der Waals surface area contributed by atoms with E-state index in [0.717, 1.165) is 49.2 Å². The summed E-state index contributed by atoms with van der Waals surface area (Å²) in [7, 11) is 1.70. The fourth-order valence-electron chi connectivity index (χ4n) is 2.72. The van der Waals surface area contributed by atoms with Crippen molar-refractivity contribution >= 4 is 15.9 Å². The van der Waals surface area contributed by atoms with Gasteiger partial charge in [0, 0.05) is 32.2 Å². The Balaban J connectivity index is 2.20. The first-order valence-electron chi connectivity index (χ1n) is 7.15. The van der Waals surface area contributed by atoms with Crippen LogP contribution in [0.2, 0.25) is 0 Å². The number of benzene rings is 1. The number of nitrogens with zero attached hydrogens (tertiary/aromatic N) is 1. The molecule has 0 unspecified atom stereocenters.